The Morgan fingerprint density at radius 2 is 1.79 bits per heavy atom. The molecule has 0 amide bonds. The summed E-state index contributed by atoms with van der Waals surface area (Å²) in [5.41, 5.74) is 0. The molecule has 0 fully saturated rings. The third-order valence-corrected chi connectivity index (χ3v) is 4.08. The van der Waals surface area contributed by atoms with Gasteiger partial charge in [-0.1, -0.05) is 27.7 Å². The van der Waals surface area contributed by atoms with Crippen molar-refractivity contribution in [2.45, 2.75) is 40.2 Å². The van der Waals surface area contributed by atoms with E-state index in [4.69, 9.17) is 0 Å². The Balaban J connectivity index is 4.23. The second-order valence-electron chi connectivity index (χ2n) is 4.00. The Labute approximate surface area is 88.2 Å². The van der Waals surface area contributed by atoms with Crippen LogP contribution in [0.2, 0.25) is 0 Å². The molecule has 1 N–H and O–H groups in total. The van der Waals surface area contributed by atoms with Crippen LogP contribution in [0, 0.1) is 5.92 Å². The smallest absolute Gasteiger partial charge is 0.151 e. The van der Waals surface area contributed by atoms with Crippen LogP contribution >= 0.6 is 0 Å². The Hall–Kier alpha value is -0.0900. The largest absolute Gasteiger partial charge is 0.313 e. The van der Waals surface area contributed by atoms with Crippen molar-refractivity contribution < 1.29 is 8.42 Å². The van der Waals surface area contributed by atoms with Crippen LogP contribution in [0.1, 0.15) is 34.1 Å². The Bertz CT molecular complexity index is 235. The van der Waals surface area contributed by atoms with E-state index in [1.54, 1.807) is 6.92 Å². The van der Waals surface area contributed by atoms with E-state index in [1.165, 1.54) is 0 Å². The maximum absolute atomic E-state index is 11.4. The maximum atomic E-state index is 11.4. The van der Waals surface area contributed by atoms with E-state index >= 15 is 0 Å². The highest BCUT2D eigenvalue weighted by atomic mass is 32.2. The summed E-state index contributed by atoms with van der Waals surface area (Å²) >= 11 is 0. The molecule has 0 aliphatic heterocycles. The first-order valence-corrected chi connectivity index (χ1v) is 7.18. The highest BCUT2D eigenvalue weighted by Gasteiger charge is 2.19. The van der Waals surface area contributed by atoms with Crippen molar-refractivity contribution in [3.8, 4) is 0 Å². The van der Waals surface area contributed by atoms with E-state index in [2.05, 4.69) is 26.1 Å². The van der Waals surface area contributed by atoms with E-state index < -0.39 is 9.84 Å². The first-order valence-electron chi connectivity index (χ1n) is 5.36. The van der Waals surface area contributed by atoms with E-state index in [0.29, 0.717) is 5.92 Å². The summed E-state index contributed by atoms with van der Waals surface area (Å²) in [4.78, 5) is 0. The fraction of sp³-hybridized carbons (Fsp3) is 1.00. The molecule has 0 saturated heterocycles. The van der Waals surface area contributed by atoms with Crippen LogP contribution < -0.4 is 5.32 Å². The highest BCUT2D eigenvalue weighted by molar-refractivity contribution is 7.91. The fourth-order valence-corrected chi connectivity index (χ4v) is 2.49. The van der Waals surface area contributed by atoms with Crippen molar-refractivity contribution in [1.82, 2.24) is 5.32 Å². The third kappa shape index (κ3) is 5.60. The molecule has 0 bridgehead atoms. The lowest BCUT2D eigenvalue weighted by Crippen LogP contribution is -2.40. The lowest BCUT2D eigenvalue weighted by Gasteiger charge is -2.21. The van der Waals surface area contributed by atoms with E-state index in [1.807, 2.05) is 0 Å². The summed E-state index contributed by atoms with van der Waals surface area (Å²) in [6.07, 6.45) is 1.04. The van der Waals surface area contributed by atoms with Crippen LogP contribution in [-0.4, -0.2) is 32.5 Å². The van der Waals surface area contributed by atoms with Crippen LogP contribution in [0.3, 0.4) is 0 Å². The molecule has 3 nitrogen and oxygen atoms in total. The number of hydrogen-bond acceptors (Lipinski definition) is 3. The molecule has 0 saturated carbocycles. The molecule has 14 heavy (non-hydrogen) atoms. The van der Waals surface area contributed by atoms with Gasteiger partial charge in [0.15, 0.2) is 9.84 Å². The zero-order valence-corrected chi connectivity index (χ0v) is 10.5. The summed E-state index contributed by atoms with van der Waals surface area (Å²) in [6.45, 7) is 8.78. The normalized spacial score (nSPS) is 14.6. The van der Waals surface area contributed by atoms with Crippen LogP contribution in [0.5, 0.6) is 0 Å². The predicted octanol–water partition coefficient (Wildman–Crippen LogP) is 1.45. The first-order chi connectivity index (χ1) is 6.43. The van der Waals surface area contributed by atoms with Crippen molar-refractivity contribution in [2.75, 3.05) is 18.1 Å². The van der Waals surface area contributed by atoms with Crippen molar-refractivity contribution in [3.05, 3.63) is 0 Å². The molecule has 0 aliphatic rings. The Morgan fingerprint density at radius 3 is 2.14 bits per heavy atom. The Morgan fingerprint density at radius 1 is 1.21 bits per heavy atom. The molecule has 0 radical (unpaired) electrons. The van der Waals surface area contributed by atoms with Gasteiger partial charge >= 0.3 is 0 Å². The third-order valence-electron chi connectivity index (χ3n) is 2.33. The van der Waals surface area contributed by atoms with Gasteiger partial charge in [0, 0.05) is 11.8 Å². The van der Waals surface area contributed by atoms with Gasteiger partial charge in [-0.05, 0) is 18.9 Å². The molecule has 1 unspecified atom stereocenters. The molecule has 0 aliphatic carbocycles. The molecular formula is C10H23NO2S. The fourth-order valence-electron chi connectivity index (χ4n) is 1.21. The van der Waals surface area contributed by atoms with Gasteiger partial charge in [0.25, 0.3) is 0 Å². The molecule has 0 aromatic carbocycles. The van der Waals surface area contributed by atoms with Gasteiger partial charge in [0.05, 0.1) is 5.75 Å². The van der Waals surface area contributed by atoms with Crippen LogP contribution in [0.25, 0.3) is 0 Å². The summed E-state index contributed by atoms with van der Waals surface area (Å²) in [5, 5.41) is 3.28. The minimum Gasteiger partial charge on any atom is -0.313 e. The summed E-state index contributed by atoms with van der Waals surface area (Å²) < 4.78 is 22.9. The average Bonchev–Trinajstić information content (AvgIpc) is 2.12. The molecule has 0 spiro atoms. The van der Waals surface area contributed by atoms with Crippen molar-refractivity contribution in [1.29, 1.82) is 0 Å². The van der Waals surface area contributed by atoms with Gasteiger partial charge in [0.2, 0.25) is 0 Å². The van der Waals surface area contributed by atoms with Crippen molar-refractivity contribution in [3.63, 3.8) is 0 Å². The predicted molar refractivity (Wildman–Crippen MR) is 61.2 cm³/mol. The summed E-state index contributed by atoms with van der Waals surface area (Å²) in [5.74, 6) is 0.869. The Kier molecular flexibility index (Phi) is 6.36. The summed E-state index contributed by atoms with van der Waals surface area (Å²) in [6, 6.07) is 0.0971. The molecular weight excluding hydrogens is 198 g/mol. The van der Waals surface area contributed by atoms with Gasteiger partial charge in [-0.2, -0.15) is 0 Å². The molecule has 0 rings (SSSR count). The van der Waals surface area contributed by atoms with Gasteiger partial charge in [-0.3, -0.25) is 0 Å². The van der Waals surface area contributed by atoms with Crippen molar-refractivity contribution in [2.24, 2.45) is 5.92 Å². The average molecular weight is 221 g/mol. The van der Waals surface area contributed by atoms with Gasteiger partial charge in [0.1, 0.15) is 0 Å². The molecule has 0 aromatic rings. The number of rotatable bonds is 7. The van der Waals surface area contributed by atoms with Crippen LogP contribution in [0.4, 0.5) is 0 Å². The molecule has 4 heteroatoms. The number of nitrogens with one attached hydrogen (secondary N) is 1. The minimum absolute atomic E-state index is 0.0971. The molecule has 1 atom stereocenters. The lowest BCUT2D eigenvalue weighted by atomic mass is 10.1. The maximum Gasteiger partial charge on any atom is 0.151 e. The monoisotopic (exact) mass is 221 g/mol. The second kappa shape index (κ2) is 6.40. The van der Waals surface area contributed by atoms with Gasteiger partial charge in [-0.25, -0.2) is 8.42 Å². The van der Waals surface area contributed by atoms with Crippen LogP contribution in [-0.2, 0) is 9.84 Å². The standard InChI is InChI=1S/C10H23NO2S/c1-5-7-11-10(9(3)4)8-14(12,13)6-2/h9-11H,5-8H2,1-4H3. The highest BCUT2D eigenvalue weighted by Crippen LogP contribution is 2.05. The summed E-state index contributed by atoms with van der Waals surface area (Å²) in [7, 11) is -2.86. The molecule has 0 aromatic heterocycles. The van der Waals surface area contributed by atoms with Crippen molar-refractivity contribution >= 4 is 9.84 Å². The number of hydrogen-bond donors (Lipinski definition) is 1. The first kappa shape index (κ1) is 13.9. The van der Waals surface area contributed by atoms with Crippen LogP contribution in [0.15, 0.2) is 0 Å². The van der Waals surface area contributed by atoms with E-state index in [9.17, 15) is 8.42 Å². The van der Waals surface area contributed by atoms with E-state index in [0.717, 1.165) is 13.0 Å². The topological polar surface area (TPSA) is 46.2 Å². The van der Waals surface area contributed by atoms with E-state index in [-0.39, 0.29) is 17.5 Å². The molecule has 86 valence electrons. The zero-order chi connectivity index (χ0) is 11.2. The van der Waals surface area contributed by atoms with Gasteiger partial charge in [-0.15, -0.1) is 0 Å². The quantitative estimate of drug-likeness (QED) is 0.707. The van der Waals surface area contributed by atoms with Gasteiger partial charge < -0.3 is 5.32 Å². The minimum atomic E-state index is -2.86. The zero-order valence-electron chi connectivity index (χ0n) is 9.71. The lowest BCUT2D eigenvalue weighted by molar-refractivity contribution is 0.426. The second-order valence-corrected chi connectivity index (χ2v) is 6.40. The number of sulfone groups is 1. The molecule has 0 heterocycles. The SMILES string of the molecule is CCCNC(CS(=O)(=O)CC)C(C)C.